The summed E-state index contributed by atoms with van der Waals surface area (Å²) in [5, 5.41) is 0. The molecular weight excluding hydrogens is 220 g/mol. The second-order valence-electron chi connectivity index (χ2n) is 5.43. The number of rotatable bonds is 3. The largest absolute Gasteiger partial charge is 0.288 e. The molecule has 2 saturated heterocycles. The third kappa shape index (κ3) is 2.36. The van der Waals surface area contributed by atoms with E-state index in [0.717, 1.165) is 6.54 Å². The highest BCUT2D eigenvalue weighted by Crippen LogP contribution is 2.26. The third-order valence-electron chi connectivity index (χ3n) is 4.24. The van der Waals surface area contributed by atoms with Gasteiger partial charge in [0, 0.05) is 19.6 Å². The lowest BCUT2D eigenvalue weighted by molar-refractivity contribution is 0.0287. The Morgan fingerprint density at radius 3 is 2.67 bits per heavy atom. The topological polar surface area (TPSA) is 6.48 Å². The number of nitrogens with zero attached hydrogens (tertiary/aromatic N) is 2. The van der Waals surface area contributed by atoms with Crippen molar-refractivity contribution in [2.75, 3.05) is 19.6 Å². The minimum atomic E-state index is 0.706. The van der Waals surface area contributed by atoms with Crippen molar-refractivity contribution in [3.05, 3.63) is 42.0 Å². The Hall–Kier alpha value is -1.12. The zero-order chi connectivity index (χ0) is 12.4. The van der Waals surface area contributed by atoms with Crippen LogP contribution in [-0.2, 0) is 6.54 Å². The van der Waals surface area contributed by atoms with Crippen molar-refractivity contribution < 1.29 is 0 Å². The van der Waals surface area contributed by atoms with Crippen LogP contribution >= 0.6 is 0 Å². The average Bonchev–Trinajstić information content (AvgIpc) is 2.89. The van der Waals surface area contributed by atoms with Gasteiger partial charge in [0.15, 0.2) is 0 Å². The van der Waals surface area contributed by atoms with Crippen molar-refractivity contribution in [1.29, 1.82) is 0 Å². The zero-order valence-corrected chi connectivity index (χ0v) is 11.0. The summed E-state index contributed by atoms with van der Waals surface area (Å²) in [7, 11) is 0. The van der Waals surface area contributed by atoms with E-state index in [1.165, 1.54) is 50.0 Å². The molecule has 0 aromatic heterocycles. The average molecular weight is 242 g/mol. The Labute approximate surface area is 110 Å². The van der Waals surface area contributed by atoms with Crippen LogP contribution in [0.2, 0.25) is 0 Å². The van der Waals surface area contributed by atoms with E-state index in [2.05, 4.69) is 40.6 Å². The summed E-state index contributed by atoms with van der Waals surface area (Å²) >= 11 is 0. The van der Waals surface area contributed by atoms with E-state index in [9.17, 15) is 0 Å². The minimum absolute atomic E-state index is 0.706. The summed E-state index contributed by atoms with van der Waals surface area (Å²) < 4.78 is 0. The molecule has 0 N–H and O–H groups in total. The molecule has 1 atom stereocenters. The Morgan fingerprint density at radius 2 is 1.89 bits per heavy atom. The van der Waals surface area contributed by atoms with Gasteiger partial charge in [0.25, 0.3) is 0 Å². The van der Waals surface area contributed by atoms with Gasteiger partial charge >= 0.3 is 0 Å². The number of benzene rings is 1. The summed E-state index contributed by atoms with van der Waals surface area (Å²) in [4.78, 5) is 5.31. The second-order valence-corrected chi connectivity index (χ2v) is 5.43. The highest BCUT2D eigenvalue weighted by atomic mass is 15.4. The molecule has 0 radical (unpaired) electrons. The highest BCUT2D eigenvalue weighted by Gasteiger charge is 2.32. The van der Waals surface area contributed by atoms with Gasteiger partial charge in [-0.15, -0.1) is 0 Å². The smallest absolute Gasteiger partial charge is 0.0625 e. The van der Waals surface area contributed by atoms with Gasteiger partial charge in [-0.2, -0.15) is 0 Å². The highest BCUT2D eigenvalue weighted by molar-refractivity contribution is 5.47. The van der Waals surface area contributed by atoms with E-state index in [-0.39, 0.29) is 0 Å². The first kappa shape index (κ1) is 11.9. The molecule has 18 heavy (non-hydrogen) atoms. The normalized spacial score (nSPS) is 25.0. The Kier molecular flexibility index (Phi) is 3.48. The summed E-state index contributed by atoms with van der Waals surface area (Å²) in [5.41, 5.74) is 2.63. The number of hydrogen-bond donors (Lipinski definition) is 0. The van der Waals surface area contributed by atoms with Crippen LogP contribution in [0.15, 0.2) is 30.8 Å². The molecule has 0 saturated carbocycles. The van der Waals surface area contributed by atoms with Crippen molar-refractivity contribution in [1.82, 2.24) is 9.80 Å². The third-order valence-corrected chi connectivity index (χ3v) is 4.24. The molecule has 2 aliphatic heterocycles. The van der Waals surface area contributed by atoms with E-state index in [0.29, 0.717) is 6.17 Å². The monoisotopic (exact) mass is 242 g/mol. The van der Waals surface area contributed by atoms with Crippen molar-refractivity contribution in [2.24, 2.45) is 0 Å². The van der Waals surface area contributed by atoms with Gasteiger partial charge in [-0.3, -0.25) is 9.80 Å². The minimum Gasteiger partial charge on any atom is -0.288 e. The lowest BCUT2D eigenvalue weighted by Crippen LogP contribution is -2.49. The van der Waals surface area contributed by atoms with Crippen LogP contribution in [0.1, 0.15) is 30.4 Å². The van der Waals surface area contributed by atoms with E-state index in [1.807, 2.05) is 6.08 Å². The molecule has 2 fully saturated rings. The lowest BCUT2D eigenvalue weighted by Gasteiger charge is -2.40. The Morgan fingerprint density at radius 1 is 1.11 bits per heavy atom. The molecular formula is C16H22N2. The van der Waals surface area contributed by atoms with Gasteiger partial charge in [0.1, 0.15) is 0 Å². The van der Waals surface area contributed by atoms with Gasteiger partial charge in [-0.25, -0.2) is 0 Å². The van der Waals surface area contributed by atoms with E-state index < -0.39 is 0 Å². The molecule has 2 nitrogen and oxygen atoms in total. The van der Waals surface area contributed by atoms with Gasteiger partial charge in [-0.05, 0) is 36.9 Å². The maximum absolute atomic E-state index is 3.80. The van der Waals surface area contributed by atoms with Gasteiger partial charge in [0.2, 0.25) is 0 Å². The summed E-state index contributed by atoms with van der Waals surface area (Å²) in [6.07, 6.45) is 6.66. The molecule has 2 heterocycles. The van der Waals surface area contributed by atoms with Crippen LogP contribution in [0.25, 0.3) is 6.08 Å². The maximum atomic E-state index is 3.80. The van der Waals surface area contributed by atoms with Crippen LogP contribution in [0.3, 0.4) is 0 Å². The summed E-state index contributed by atoms with van der Waals surface area (Å²) in [6.45, 7) is 8.76. The first-order chi connectivity index (χ1) is 8.86. The van der Waals surface area contributed by atoms with Crippen molar-refractivity contribution >= 4 is 6.08 Å². The van der Waals surface area contributed by atoms with Crippen molar-refractivity contribution in [3.8, 4) is 0 Å². The molecule has 2 aliphatic rings. The first-order valence-corrected chi connectivity index (χ1v) is 7.06. The molecule has 0 amide bonds. The zero-order valence-electron chi connectivity index (χ0n) is 11.0. The lowest BCUT2D eigenvalue weighted by atomic mass is 10.1. The standard InChI is InChI=1S/C16H22N2/c1-2-14-6-8-15(9-7-14)13-18-12-4-11-17-10-3-5-16(17)18/h2,6-9,16H,1,3-5,10-13H2. The van der Waals surface area contributed by atoms with E-state index in [1.54, 1.807) is 0 Å². The maximum Gasteiger partial charge on any atom is 0.0625 e. The van der Waals surface area contributed by atoms with Gasteiger partial charge in [-0.1, -0.05) is 36.9 Å². The van der Waals surface area contributed by atoms with Crippen LogP contribution in [0.5, 0.6) is 0 Å². The van der Waals surface area contributed by atoms with Crippen LogP contribution in [0, 0.1) is 0 Å². The van der Waals surface area contributed by atoms with Crippen molar-refractivity contribution in [2.45, 2.75) is 32.0 Å². The fourth-order valence-electron chi connectivity index (χ4n) is 3.29. The Bertz CT molecular complexity index is 410. The molecule has 3 rings (SSSR count). The summed E-state index contributed by atoms with van der Waals surface area (Å²) in [6, 6.07) is 8.81. The predicted molar refractivity (Wildman–Crippen MR) is 76.2 cm³/mol. The van der Waals surface area contributed by atoms with E-state index in [4.69, 9.17) is 0 Å². The van der Waals surface area contributed by atoms with E-state index >= 15 is 0 Å². The fourth-order valence-corrected chi connectivity index (χ4v) is 3.29. The molecule has 96 valence electrons. The summed E-state index contributed by atoms with van der Waals surface area (Å²) in [5.74, 6) is 0. The Balaban J connectivity index is 1.68. The van der Waals surface area contributed by atoms with Gasteiger partial charge in [0.05, 0.1) is 6.17 Å². The molecule has 1 unspecified atom stereocenters. The van der Waals surface area contributed by atoms with Gasteiger partial charge < -0.3 is 0 Å². The predicted octanol–water partition coefficient (Wildman–Crippen LogP) is 2.96. The quantitative estimate of drug-likeness (QED) is 0.804. The van der Waals surface area contributed by atoms with Crippen LogP contribution in [0.4, 0.5) is 0 Å². The van der Waals surface area contributed by atoms with Crippen LogP contribution in [-0.4, -0.2) is 35.6 Å². The van der Waals surface area contributed by atoms with Crippen molar-refractivity contribution in [3.63, 3.8) is 0 Å². The SMILES string of the molecule is C=Cc1ccc(CN2CCCN3CCCC32)cc1. The molecule has 0 bridgehead atoms. The molecule has 2 heteroatoms. The molecule has 1 aromatic carbocycles. The molecule has 0 aliphatic carbocycles. The van der Waals surface area contributed by atoms with Crippen LogP contribution < -0.4 is 0 Å². The molecule has 0 spiro atoms. The molecule has 1 aromatic rings. The first-order valence-electron chi connectivity index (χ1n) is 7.06. The fraction of sp³-hybridized carbons (Fsp3) is 0.500. The number of hydrogen-bond acceptors (Lipinski definition) is 2. The second kappa shape index (κ2) is 5.25. The number of fused-ring (bicyclic) bond motifs is 1.